The number of benzene rings is 3. The second-order valence-electron chi connectivity index (χ2n) is 7.03. The Morgan fingerprint density at radius 2 is 1.78 bits per heavy atom. The summed E-state index contributed by atoms with van der Waals surface area (Å²) in [5.74, 6) is 0.199. The average Bonchev–Trinajstić information content (AvgIpc) is 2.83. The van der Waals surface area contributed by atoms with Crippen molar-refractivity contribution in [2.45, 2.75) is 0 Å². The van der Waals surface area contributed by atoms with Crippen molar-refractivity contribution < 1.29 is 9.18 Å². The van der Waals surface area contributed by atoms with Gasteiger partial charge in [0.2, 0.25) is 11.9 Å². The van der Waals surface area contributed by atoms with Crippen LogP contribution in [0.4, 0.5) is 27.4 Å². The quantitative estimate of drug-likeness (QED) is 0.322. The summed E-state index contributed by atoms with van der Waals surface area (Å²) in [4.78, 5) is 20.8. The van der Waals surface area contributed by atoms with E-state index in [1.165, 1.54) is 6.08 Å². The number of nitrogens with one attached hydrogen (secondary N) is 3. The van der Waals surface area contributed by atoms with Gasteiger partial charge in [-0.15, -0.1) is 0 Å². The van der Waals surface area contributed by atoms with Gasteiger partial charge in [-0.05, 0) is 48.0 Å². The first-order valence-electron chi connectivity index (χ1n) is 10.1. The van der Waals surface area contributed by atoms with Gasteiger partial charge in [-0.3, -0.25) is 4.79 Å². The molecule has 0 saturated carbocycles. The smallest absolute Gasteiger partial charge is 0.247 e. The Bertz CT molecular complexity index is 1260. The first-order chi connectivity index (χ1) is 15.7. The molecule has 0 aliphatic carbocycles. The third kappa shape index (κ3) is 4.89. The highest BCUT2D eigenvalue weighted by Gasteiger charge is 2.09. The Labute approximate surface area is 185 Å². The zero-order chi connectivity index (χ0) is 22.3. The summed E-state index contributed by atoms with van der Waals surface area (Å²) in [7, 11) is 0. The molecule has 0 radical (unpaired) electrons. The Hall–Kier alpha value is -4.26. The summed E-state index contributed by atoms with van der Waals surface area (Å²) >= 11 is 0. The SMILES string of the molecule is C=CC(=O)Nc1cccc(-c2cccc3cnc(Nc4ccc(NCCF)cc4)nc23)c1. The van der Waals surface area contributed by atoms with Crippen LogP contribution in [0.3, 0.4) is 0 Å². The minimum atomic E-state index is -0.420. The number of hydrogen-bond donors (Lipinski definition) is 3. The average molecular weight is 427 g/mol. The van der Waals surface area contributed by atoms with Crippen LogP contribution in [0.5, 0.6) is 0 Å². The maximum absolute atomic E-state index is 12.3. The van der Waals surface area contributed by atoms with Crippen molar-refractivity contribution in [1.29, 1.82) is 0 Å². The van der Waals surface area contributed by atoms with Crippen LogP contribution in [0.1, 0.15) is 0 Å². The number of aromatic nitrogens is 2. The highest BCUT2D eigenvalue weighted by molar-refractivity contribution is 6.00. The summed E-state index contributed by atoms with van der Waals surface area (Å²) in [5.41, 5.74) is 4.98. The lowest BCUT2D eigenvalue weighted by Gasteiger charge is -2.11. The molecule has 0 spiro atoms. The molecule has 0 saturated heterocycles. The van der Waals surface area contributed by atoms with E-state index in [-0.39, 0.29) is 12.5 Å². The molecule has 0 bridgehead atoms. The maximum atomic E-state index is 12.3. The predicted octanol–water partition coefficient (Wildman–Crippen LogP) is 5.55. The van der Waals surface area contributed by atoms with Crippen LogP contribution in [-0.4, -0.2) is 29.1 Å². The summed E-state index contributed by atoms with van der Waals surface area (Å²) in [6.45, 7) is 3.35. The largest absolute Gasteiger partial charge is 0.382 e. The number of alkyl halides is 1. The number of hydrogen-bond acceptors (Lipinski definition) is 5. The fourth-order valence-electron chi connectivity index (χ4n) is 3.30. The van der Waals surface area contributed by atoms with Gasteiger partial charge >= 0.3 is 0 Å². The van der Waals surface area contributed by atoms with E-state index >= 15 is 0 Å². The molecule has 7 heteroatoms. The van der Waals surface area contributed by atoms with Gasteiger partial charge in [0.25, 0.3) is 0 Å². The van der Waals surface area contributed by atoms with E-state index in [9.17, 15) is 9.18 Å². The number of carbonyl (C=O) groups is 1. The molecule has 32 heavy (non-hydrogen) atoms. The number of fused-ring (bicyclic) bond motifs is 1. The van der Waals surface area contributed by atoms with Crippen LogP contribution in [0, 0.1) is 0 Å². The minimum absolute atomic E-state index is 0.264. The molecule has 1 heterocycles. The van der Waals surface area contributed by atoms with Gasteiger partial charge < -0.3 is 16.0 Å². The molecule has 1 amide bonds. The van der Waals surface area contributed by atoms with Gasteiger partial charge in [-0.2, -0.15) is 0 Å². The van der Waals surface area contributed by atoms with Crippen molar-refractivity contribution in [2.75, 3.05) is 29.2 Å². The second-order valence-corrected chi connectivity index (χ2v) is 7.03. The number of para-hydroxylation sites is 1. The fraction of sp³-hybridized carbons (Fsp3) is 0.0800. The van der Waals surface area contributed by atoms with Crippen LogP contribution in [0.25, 0.3) is 22.0 Å². The minimum Gasteiger partial charge on any atom is -0.382 e. The molecule has 4 rings (SSSR count). The molecule has 0 unspecified atom stereocenters. The molecule has 3 aromatic carbocycles. The Balaban J connectivity index is 1.63. The van der Waals surface area contributed by atoms with Gasteiger partial charge in [0.05, 0.1) is 5.52 Å². The maximum Gasteiger partial charge on any atom is 0.247 e. The van der Waals surface area contributed by atoms with Crippen molar-refractivity contribution in [3.63, 3.8) is 0 Å². The molecular formula is C25H22FN5O. The summed E-state index contributed by atoms with van der Waals surface area (Å²) in [6, 6.07) is 21.0. The third-order valence-electron chi connectivity index (χ3n) is 4.80. The van der Waals surface area contributed by atoms with Crippen LogP contribution in [-0.2, 0) is 4.79 Å². The Morgan fingerprint density at radius 3 is 2.56 bits per heavy atom. The lowest BCUT2D eigenvalue weighted by molar-refractivity contribution is -0.111. The number of nitrogens with zero attached hydrogens (tertiary/aromatic N) is 2. The van der Waals surface area contributed by atoms with Crippen molar-refractivity contribution in [3.8, 4) is 11.1 Å². The Kier molecular flexibility index (Phi) is 6.36. The standard InChI is InChI=1S/C25H22FN5O/c1-2-23(32)29-21-7-3-5-17(15-21)22-8-4-6-18-16-28-25(31-24(18)22)30-20-11-9-19(10-12-20)27-14-13-26/h2-12,15-16,27H,1,13-14H2,(H,29,32)(H,28,30,31). The van der Waals surface area contributed by atoms with E-state index in [0.717, 1.165) is 33.4 Å². The highest BCUT2D eigenvalue weighted by Crippen LogP contribution is 2.30. The zero-order valence-corrected chi connectivity index (χ0v) is 17.3. The van der Waals surface area contributed by atoms with Gasteiger partial charge in [-0.1, -0.05) is 36.9 Å². The van der Waals surface area contributed by atoms with Gasteiger partial charge in [-0.25, -0.2) is 14.4 Å². The molecular weight excluding hydrogens is 405 g/mol. The summed E-state index contributed by atoms with van der Waals surface area (Å²) in [5, 5.41) is 9.89. The molecule has 3 N–H and O–H groups in total. The van der Waals surface area contributed by atoms with E-state index < -0.39 is 6.67 Å². The van der Waals surface area contributed by atoms with Crippen molar-refractivity contribution >= 4 is 39.8 Å². The molecule has 0 fully saturated rings. The van der Waals surface area contributed by atoms with Crippen LogP contribution < -0.4 is 16.0 Å². The van der Waals surface area contributed by atoms with Crippen LogP contribution in [0.15, 0.2) is 85.6 Å². The lowest BCUT2D eigenvalue weighted by atomic mass is 10.0. The summed E-state index contributed by atoms with van der Waals surface area (Å²) in [6.07, 6.45) is 3.01. The molecule has 1 aromatic heterocycles. The molecule has 0 aliphatic rings. The number of rotatable bonds is 8. The Morgan fingerprint density at radius 1 is 1.00 bits per heavy atom. The first kappa shape index (κ1) is 21.0. The monoisotopic (exact) mass is 427 g/mol. The normalized spacial score (nSPS) is 10.5. The van der Waals surface area contributed by atoms with Crippen molar-refractivity contribution in [1.82, 2.24) is 9.97 Å². The molecule has 0 atom stereocenters. The number of carbonyl (C=O) groups excluding carboxylic acids is 1. The first-order valence-corrected chi connectivity index (χ1v) is 10.1. The van der Waals surface area contributed by atoms with E-state index in [0.29, 0.717) is 11.6 Å². The highest BCUT2D eigenvalue weighted by atomic mass is 19.1. The van der Waals surface area contributed by atoms with Crippen molar-refractivity contribution in [2.24, 2.45) is 0 Å². The van der Waals surface area contributed by atoms with Gasteiger partial charge in [0.1, 0.15) is 6.67 Å². The van der Waals surface area contributed by atoms with E-state index in [1.807, 2.05) is 66.7 Å². The molecule has 0 aliphatic heterocycles. The van der Waals surface area contributed by atoms with Gasteiger partial charge in [0, 0.05) is 40.8 Å². The molecule has 6 nitrogen and oxygen atoms in total. The number of anilines is 4. The fourth-order valence-corrected chi connectivity index (χ4v) is 3.30. The van der Waals surface area contributed by atoms with Crippen LogP contribution >= 0.6 is 0 Å². The molecule has 160 valence electrons. The third-order valence-corrected chi connectivity index (χ3v) is 4.80. The van der Waals surface area contributed by atoms with E-state index in [2.05, 4.69) is 27.5 Å². The lowest BCUT2D eigenvalue weighted by Crippen LogP contribution is -2.07. The number of halogens is 1. The van der Waals surface area contributed by atoms with E-state index in [1.54, 1.807) is 6.20 Å². The topological polar surface area (TPSA) is 78.9 Å². The zero-order valence-electron chi connectivity index (χ0n) is 17.3. The van der Waals surface area contributed by atoms with Crippen LogP contribution in [0.2, 0.25) is 0 Å². The predicted molar refractivity (Wildman–Crippen MR) is 128 cm³/mol. The molecule has 4 aromatic rings. The number of amides is 1. The van der Waals surface area contributed by atoms with Gasteiger partial charge in [0.15, 0.2) is 0 Å². The summed E-state index contributed by atoms with van der Waals surface area (Å²) < 4.78 is 12.3. The van der Waals surface area contributed by atoms with E-state index in [4.69, 9.17) is 4.98 Å². The van der Waals surface area contributed by atoms with Crippen molar-refractivity contribution in [3.05, 3.63) is 85.6 Å². The second kappa shape index (κ2) is 9.70.